The fourth-order valence-electron chi connectivity index (χ4n) is 1.38. The van der Waals surface area contributed by atoms with Gasteiger partial charge >= 0.3 is 0 Å². The van der Waals surface area contributed by atoms with E-state index in [1.807, 2.05) is 19.1 Å². The molecular weight excluding hydrogens is 206 g/mol. The van der Waals surface area contributed by atoms with Gasteiger partial charge in [-0.2, -0.15) is 4.98 Å². The van der Waals surface area contributed by atoms with E-state index in [0.29, 0.717) is 11.9 Å². The number of hydrogen-bond donors (Lipinski definition) is 3. The second kappa shape index (κ2) is 4.69. The largest absolute Gasteiger partial charge is 0.466 e. The molecule has 0 radical (unpaired) electrons. The van der Waals surface area contributed by atoms with E-state index in [2.05, 4.69) is 25.8 Å². The average molecular weight is 221 g/mol. The van der Waals surface area contributed by atoms with Crippen molar-refractivity contribution in [3.63, 3.8) is 0 Å². The Kier molecular flexibility index (Phi) is 3.09. The number of anilines is 2. The maximum absolute atomic E-state index is 5.45. The van der Waals surface area contributed by atoms with Gasteiger partial charge in [0, 0.05) is 20.0 Å². The number of aromatic amines is 1. The molecule has 3 N–H and O–H groups in total. The van der Waals surface area contributed by atoms with Gasteiger partial charge in [-0.15, -0.1) is 5.10 Å². The first-order valence-corrected chi connectivity index (χ1v) is 5.17. The molecule has 2 rings (SSSR count). The quantitative estimate of drug-likeness (QED) is 0.711. The maximum Gasteiger partial charge on any atom is 0.243 e. The lowest BCUT2D eigenvalue weighted by Crippen LogP contribution is -2.05. The number of hydrogen-bond acceptors (Lipinski definition) is 5. The van der Waals surface area contributed by atoms with Crippen LogP contribution in [0, 0.1) is 6.92 Å². The fourth-order valence-corrected chi connectivity index (χ4v) is 1.38. The molecule has 16 heavy (non-hydrogen) atoms. The molecular formula is C10H15N5O. The van der Waals surface area contributed by atoms with E-state index in [4.69, 9.17) is 4.42 Å². The highest BCUT2D eigenvalue weighted by Crippen LogP contribution is 2.07. The molecule has 2 heterocycles. The Balaban J connectivity index is 1.79. The zero-order valence-electron chi connectivity index (χ0n) is 9.37. The van der Waals surface area contributed by atoms with E-state index in [1.54, 1.807) is 7.05 Å². The molecule has 6 heteroatoms. The highest BCUT2D eigenvalue weighted by molar-refractivity contribution is 5.32. The average Bonchev–Trinajstić information content (AvgIpc) is 2.88. The normalized spacial score (nSPS) is 10.4. The SMILES string of the molecule is CNc1n[nH]c(NCCc2ccc(C)o2)n1. The van der Waals surface area contributed by atoms with Crippen molar-refractivity contribution in [1.29, 1.82) is 0 Å². The van der Waals surface area contributed by atoms with Crippen molar-refractivity contribution in [2.75, 3.05) is 24.2 Å². The Morgan fingerprint density at radius 1 is 1.44 bits per heavy atom. The van der Waals surface area contributed by atoms with Gasteiger partial charge in [0.25, 0.3) is 0 Å². The van der Waals surface area contributed by atoms with E-state index in [1.165, 1.54) is 0 Å². The van der Waals surface area contributed by atoms with Gasteiger partial charge in [0.1, 0.15) is 11.5 Å². The second-order valence-electron chi connectivity index (χ2n) is 3.45. The molecule has 6 nitrogen and oxygen atoms in total. The van der Waals surface area contributed by atoms with Crippen molar-refractivity contribution in [2.45, 2.75) is 13.3 Å². The molecule has 2 aromatic rings. The molecule has 0 bridgehead atoms. The van der Waals surface area contributed by atoms with Crippen LogP contribution in [-0.4, -0.2) is 28.8 Å². The molecule has 0 saturated carbocycles. The van der Waals surface area contributed by atoms with Crippen molar-refractivity contribution < 1.29 is 4.42 Å². The third-order valence-corrected chi connectivity index (χ3v) is 2.17. The first-order valence-electron chi connectivity index (χ1n) is 5.17. The number of aryl methyl sites for hydroxylation is 1. The van der Waals surface area contributed by atoms with Crippen LogP contribution in [0.1, 0.15) is 11.5 Å². The third-order valence-electron chi connectivity index (χ3n) is 2.17. The van der Waals surface area contributed by atoms with Gasteiger partial charge in [-0.05, 0) is 19.1 Å². The predicted octanol–water partition coefficient (Wildman–Crippen LogP) is 1.40. The zero-order valence-corrected chi connectivity index (χ0v) is 9.37. The van der Waals surface area contributed by atoms with E-state index >= 15 is 0 Å². The van der Waals surface area contributed by atoms with Gasteiger partial charge in [-0.25, -0.2) is 5.10 Å². The fraction of sp³-hybridized carbons (Fsp3) is 0.400. The van der Waals surface area contributed by atoms with E-state index in [0.717, 1.165) is 24.5 Å². The van der Waals surface area contributed by atoms with Crippen molar-refractivity contribution >= 4 is 11.9 Å². The summed E-state index contributed by atoms with van der Waals surface area (Å²) >= 11 is 0. The summed E-state index contributed by atoms with van der Waals surface area (Å²) in [4.78, 5) is 4.15. The molecule has 0 atom stereocenters. The van der Waals surface area contributed by atoms with Crippen LogP contribution in [-0.2, 0) is 6.42 Å². The predicted molar refractivity (Wildman–Crippen MR) is 61.6 cm³/mol. The molecule has 0 aliphatic rings. The summed E-state index contributed by atoms with van der Waals surface area (Å²) in [5.74, 6) is 3.15. The van der Waals surface area contributed by atoms with Gasteiger partial charge in [-0.3, -0.25) is 0 Å². The first-order chi connectivity index (χ1) is 7.78. The Labute approximate surface area is 93.5 Å². The van der Waals surface area contributed by atoms with Crippen LogP contribution >= 0.6 is 0 Å². The zero-order chi connectivity index (χ0) is 11.4. The van der Waals surface area contributed by atoms with Crippen LogP contribution in [0.2, 0.25) is 0 Å². The summed E-state index contributed by atoms with van der Waals surface area (Å²) < 4.78 is 5.45. The lowest BCUT2D eigenvalue weighted by Gasteiger charge is -1.99. The highest BCUT2D eigenvalue weighted by Gasteiger charge is 2.01. The minimum absolute atomic E-state index is 0.580. The van der Waals surface area contributed by atoms with Crippen LogP contribution in [0.3, 0.4) is 0 Å². The third kappa shape index (κ3) is 2.53. The van der Waals surface area contributed by atoms with Gasteiger partial charge in [0.15, 0.2) is 0 Å². The number of rotatable bonds is 5. The number of nitrogens with one attached hydrogen (secondary N) is 3. The molecule has 0 unspecified atom stereocenters. The Morgan fingerprint density at radius 3 is 2.94 bits per heavy atom. The Hall–Kier alpha value is -1.98. The summed E-state index contributed by atoms with van der Waals surface area (Å²) in [6.07, 6.45) is 0.823. The summed E-state index contributed by atoms with van der Waals surface area (Å²) in [6.45, 7) is 2.69. The lowest BCUT2D eigenvalue weighted by molar-refractivity contribution is 0.486. The van der Waals surface area contributed by atoms with Gasteiger partial charge in [0.2, 0.25) is 11.9 Å². The molecule has 0 aliphatic carbocycles. The minimum Gasteiger partial charge on any atom is -0.466 e. The molecule has 2 aromatic heterocycles. The number of H-pyrrole nitrogens is 1. The molecule has 0 amide bonds. The van der Waals surface area contributed by atoms with Crippen molar-refractivity contribution in [1.82, 2.24) is 15.2 Å². The van der Waals surface area contributed by atoms with Gasteiger partial charge in [-0.1, -0.05) is 0 Å². The van der Waals surface area contributed by atoms with Crippen LogP contribution in [0.5, 0.6) is 0 Å². The van der Waals surface area contributed by atoms with Crippen LogP contribution in [0.4, 0.5) is 11.9 Å². The van der Waals surface area contributed by atoms with E-state index < -0.39 is 0 Å². The number of aromatic nitrogens is 3. The molecule has 0 fully saturated rings. The Morgan fingerprint density at radius 2 is 2.31 bits per heavy atom. The first kappa shape index (κ1) is 10.5. The summed E-state index contributed by atoms with van der Waals surface area (Å²) in [5, 5.41) is 12.7. The van der Waals surface area contributed by atoms with Crippen molar-refractivity contribution in [2.24, 2.45) is 0 Å². The molecule has 86 valence electrons. The number of furan rings is 1. The number of nitrogens with zero attached hydrogens (tertiary/aromatic N) is 2. The molecule has 0 spiro atoms. The minimum atomic E-state index is 0.580. The van der Waals surface area contributed by atoms with Crippen LogP contribution in [0.25, 0.3) is 0 Å². The van der Waals surface area contributed by atoms with Gasteiger partial charge < -0.3 is 15.1 Å². The van der Waals surface area contributed by atoms with Crippen LogP contribution in [0.15, 0.2) is 16.5 Å². The van der Waals surface area contributed by atoms with E-state index in [9.17, 15) is 0 Å². The second-order valence-corrected chi connectivity index (χ2v) is 3.45. The lowest BCUT2D eigenvalue weighted by atomic mass is 10.3. The monoisotopic (exact) mass is 221 g/mol. The molecule has 0 aromatic carbocycles. The summed E-state index contributed by atoms with van der Waals surface area (Å²) in [7, 11) is 1.78. The summed E-state index contributed by atoms with van der Waals surface area (Å²) in [6, 6.07) is 3.94. The van der Waals surface area contributed by atoms with E-state index in [-0.39, 0.29) is 0 Å². The van der Waals surface area contributed by atoms with Crippen LogP contribution < -0.4 is 10.6 Å². The topological polar surface area (TPSA) is 78.8 Å². The maximum atomic E-state index is 5.45. The van der Waals surface area contributed by atoms with Gasteiger partial charge in [0.05, 0.1) is 0 Å². The standard InChI is InChI=1S/C10H15N5O/c1-7-3-4-8(16-7)5-6-12-10-13-9(11-2)14-15-10/h3-4H,5-6H2,1-2H3,(H3,11,12,13,14,15). The highest BCUT2D eigenvalue weighted by atomic mass is 16.3. The smallest absolute Gasteiger partial charge is 0.243 e. The van der Waals surface area contributed by atoms with Crippen molar-refractivity contribution in [3.05, 3.63) is 23.7 Å². The summed E-state index contributed by atoms with van der Waals surface area (Å²) in [5.41, 5.74) is 0. The van der Waals surface area contributed by atoms with Crippen molar-refractivity contribution in [3.8, 4) is 0 Å². The molecule has 0 aliphatic heterocycles. The molecule has 0 saturated heterocycles. The Bertz CT molecular complexity index is 448.